The number of hydrogen-bond donors (Lipinski definition) is 0. The van der Waals surface area contributed by atoms with Crippen LogP contribution >= 0.6 is 0 Å². The van der Waals surface area contributed by atoms with Gasteiger partial charge in [-0.05, 0) is 49.2 Å². The highest BCUT2D eigenvalue weighted by Crippen LogP contribution is 2.19. The van der Waals surface area contributed by atoms with Crippen LogP contribution in [0.15, 0.2) is 36.4 Å². The number of halogens is 2. The number of aryl methyl sites for hydroxylation is 2. The average molecular weight is 246 g/mol. The van der Waals surface area contributed by atoms with Gasteiger partial charge in [0.25, 0.3) is 0 Å². The first-order valence-corrected chi connectivity index (χ1v) is 5.56. The summed E-state index contributed by atoms with van der Waals surface area (Å²) in [5.74, 6) is -1.33. The van der Waals surface area contributed by atoms with E-state index >= 15 is 0 Å². The summed E-state index contributed by atoms with van der Waals surface area (Å²) in [4.78, 5) is 12.1. The molecule has 0 bridgehead atoms. The summed E-state index contributed by atoms with van der Waals surface area (Å²) in [6.45, 7) is 3.17. The second-order valence-electron chi connectivity index (χ2n) is 4.23. The lowest BCUT2D eigenvalue weighted by Crippen LogP contribution is -2.06. The lowest BCUT2D eigenvalue weighted by atomic mass is 9.99. The van der Waals surface area contributed by atoms with Gasteiger partial charge in [0.05, 0.1) is 5.56 Å². The molecule has 0 N–H and O–H groups in total. The zero-order valence-corrected chi connectivity index (χ0v) is 10.1. The van der Waals surface area contributed by atoms with Crippen LogP contribution in [-0.2, 0) is 0 Å². The first kappa shape index (κ1) is 12.4. The van der Waals surface area contributed by atoms with Gasteiger partial charge in [0.2, 0.25) is 0 Å². The van der Waals surface area contributed by atoms with Crippen molar-refractivity contribution in [3.8, 4) is 0 Å². The normalized spacial score (nSPS) is 10.4. The Morgan fingerprint density at radius 3 is 2.11 bits per heavy atom. The van der Waals surface area contributed by atoms with Crippen LogP contribution in [0.4, 0.5) is 8.78 Å². The molecule has 0 amide bonds. The van der Waals surface area contributed by atoms with Crippen LogP contribution < -0.4 is 0 Å². The molecule has 0 aliphatic carbocycles. The van der Waals surface area contributed by atoms with Crippen molar-refractivity contribution in [1.82, 2.24) is 0 Å². The number of carbonyl (C=O) groups excluding carboxylic acids is 1. The summed E-state index contributed by atoms with van der Waals surface area (Å²) in [5.41, 5.74) is 1.07. The molecule has 0 unspecified atom stereocenters. The summed E-state index contributed by atoms with van der Waals surface area (Å²) < 4.78 is 27.0. The largest absolute Gasteiger partial charge is 0.288 e. The number of ketones is 1. The third-order valence-electron chi connectivity index (χ3n) is 2.82. The number of hydrogen-bond acceptors (Lipinski definition) is 1. The summed E-state index contributed by atoms with van der Waals surface area (Å²) in [6.07, 6.45) is 0. The molecule has 0 fully saturated rings. The lowest BCUT2D eigenvalue weighted by molar-refractivity contribution is 0.103. The van der Waals surface area contributed by atoms with E-state index in [0.29, 0.717) is 16.7 Å². The molecule has 0 aromatic heterocycles. The van der Waals surface area contributed by atoms with Crippen LogP contribution in [-0.4, -0.2) is 5.78 Å². The third-order valence-corrected chi connectivity index (χ3v) is 2.82. The molecule has 0 saturated heterocycles. The van der Waals surface area contributed by atoms with Gasteiger partial charge in [-0.15, -0.1) is 0 Å². The molecule has 0 aliphatic heterocycles. The maximum Gasteiger partial charge on any atom is 0.195 e. The van der Waals surface area contributed by atoms with Crippen LogP contribution in [0.2, 0.25) is 0 Å². The Balaban J connectivity index is 2.51. The second-order valence-corrected chi connectivity index (χ2v) is 4.23. The fourth-order valence-corrected chi connectivity index (χ4v) is 1.88. The maximum absolute atomic E-state index is 13.5. The van der Waals surface area contributed by atoms with Gasteiger partial charge < -0.3 is 0 Å². The van der Waals surface area contributed by atoms with E-state index in [4.69, 9.17) is 0 Å². The first-order chi connectivity index (χ1) is 8.50. The zero-order valence-electron chi connectivity index (χ0n) is 10.1. The molecule has 0 spiro atoms. The fraction of sp³-hybridized carbons (Fsp3) is 0.133. The van der Waals surface area contributed by atoms with E-state index in [-0.39, 0.29) is 11.4 Å². The minimum atomic E-state index is -0.567. The number of rotatable bonds is 2. The Kier molecular flexibility index (Phi) is 3.24. The van der Waals surface area contributed by atoms with E-state index < -0.39 is 11.6 Å². The average Bonchev–Trinajstić information content (AvgIpc) is 2.35. The molecule has 2 rings (SSSR count). The van der Waals surface area contributed by atoms with Crippen molar-refractivity contribution < 1.29 is 13.6 Å². The van der Waals surface area contributed by atoms with Gasteiger partial charge in [-0.3, -0.25) is 4.79 Å². The molecule has 18 heavy (non-hydrogen) atoms. The van der Waals surface area contributed by atoms with Gasteiger partial charge in [0, 0.05) is 5.56 Å². The van der Waals surface area contributed by atoms with E-state index in [2.05, 4.69) is 0 Å². The molecule has 1 nitrogen and oxygen atoms in total. The summed E-state index contributed by atoms with van der Waals surface area (Å²) in [7, 11) is 0. The smallest absolute Gasteiger partial charge is 0.195 e. The van der Waals surface area contributed by atoms with Crippen LogP contribution in [0.1, 0.15) is 27.0 Å². The van der Waals surface area contributed by atoms with E-state index in [1.165, 1.54) is 30.3 Å². The number of carbonyl (C=O) groups is 1. The maximum atomic E-state index is 13.5. The molecule has 0 atom stereocenters. The van der Waals surface area contributed by atoms with Gasteiger partial charge in [-0.1, -0.05) is 12.1 Å². The molecule has 2 aromatic carbocycles. The molecule has 92 valence electrons. The first-order valence-electron chi connectivity index (χ1n) is 5.56. The highest BCUT2D eigenvalue weighted by Gasteiger charge is 2.15. The zero-order chi connectivity index (χ0) is 13.3. The van der Waals surface area contributed by atoms with Crippen molar-refractivity contribution in [3.05, 3.63) is 70.3 Å². The molecule has 0 heterocycles. The molecular formula is C15H12F2O. The summed E-state index contributed by atoms with van der Waals surface area (Å²) >= 11 is 0. The van der Waals surface area contributed by atoms with Crippen molar-refractivity contribution in [2.24, 2.45) is 0 Å². The van der Waals surface area contributed by atoms with Gasteiger partial charge in [0.1, 0.15) is 11.6 Å². The van der Waals surface area contributed by atoms with Gasteiger partial charge in [-0.25, -0.2) is 8.78 Å². The number of benzene rings is 2. The van der Waals surface area contributed by atoms with Crippen molar-refractivity contribution in [3.63, 3.8) is 0 Å². The Hall–Kier alpha value is -2.03. The van der Waals surface area contributed by atoms with Crippen LogP contribution in [0.3, 0.4) is 0 Å². The molecule has 2 aromatic rings. The minimum absolute atomic E-state index is 0.00269. The Labute approximate surface area is 104 Å². The Morgan fingerprint density at radius 1 is 1.00 bits per heavy atom. The van der Waals surface area contributed by atoms with Crippen molar-refractivity contribution in [1.29, 1.82) is 0 Å². The van der Waals surface area contributed by atoms with Crippen molar-refractivity contribution >= 4 is 5.78 Å². The minimum Gasteiger partial charge on any atom is -0.288 e. The fourth-order valence-electron chi connectivity index (χ4n) is 1.88. The van der Waals surface area contributed by atoms with Crippen LogP contribution in [0, 0.1) is 25.5 Å². The molecule has 3 heteroatoms. The quantitative estimate of drug-likeness (QED) is 0.736. The predicted molar refractivity (Wildman–Crippen MR) is 65.7 cm³/mol. The third kappa shape index (κ3) is 2.16. The second kappa shape index (κ2) is 4.69. The molecule has 0 saturated carbocycles. The topological polar surface area (TPSA) is 17.1 Å². The van der Waals surface area contributed by atoms with Crippen LogP contribution in [0.5, 0.6) is 0 Å². The van der Waals surface area contributed by atoms with Crippen molar-refractivity contribution in [2.45, 2.75) is 13.8 Å². The highest BCUT2D eigenvalue weighted by atomic mass is 19.1. The van der Waals surface area contributed by atoms with E-state index in [1.807, 2.05) is 0 Å². The highest BCUT2D eigenvalue weighted by molar-refractivity contribution is 6.09. The van der Waals surface area contributed by atoms with Gasteiger partial charge in [0.15, 0.2) is 5.78 Å². The molecule has 0 aliphatic rings. The van der Waals surface area contributed by atoms with E-state index in [0.717, 1.165) is 0 Å². The molecular weight excluding hydrogens is 234 g/mol. The van der Waals surface area contributed by atoms with Crippen molar-refractivity contribution in [2.75, 3.05) is 0 Å². The summed E-state index contributed by atoms with van der Waals surface area (Å²) in [5, 5.41) is 0. The van der Waals surface area contributed by atoms with Crippen LogP contribution in [0.25, 0.3) is 0 Å². The Morgan fingerprint density at radius 2 is 1.56 bits per heavy atom. The molecule has 0 radical (unpaired) electrons. The van der Waals surface area contributed by atoms with Gasteiger partial charge >= 0.3 is 0 Å². The monoisotopic (exact) mass is 246 g/mol. The Bertz CT molecular complexity index is 595. The standard InChI is InChI=1S/C15H12F2O/c1-9-7-11(8-10(2)14(9)17)15(18)12-5-3-4-6-13(12)16/h3-8H,1-2H3. The lowest BCUT2D eigenvalue weighted by Gasteiger charge is -2.06. The van der Waals surface area contributed by atoms with E-state index in [9.17, 15) is 13.6 Å². The SMILES string of the molecule is Cc1cc(C(=O)c2ccccc2F)cc(C)c1F. The summed E-state index contributed by atoms with van der Waals surface area (Å²) in [6, 6.07) is 8.66. The predicted octanol–water partition coefficient (Wildman–Crippen LogP) is 3.81. The van der Waals surface area contributed by atoms with E-state index in [1.54, 1.807) is 19.9 Å². The van der Waals surface area contributed by atoms with Gasteiger partial charge in [-0.2, -0.15) is 0 Å².